The van der Waals surface area contributed by atoms with Gasteiger partial charge in [0.05, 0.1) is 11.7 Å². The third-order valence-electron chi connectivity index (χ3n) is 6.14. The molecule has 2 saturated heterocycles. The van der Waals surface area contributed by atoms with E-state index in [0.29, 0.717) is 55.3 Å². The topological polar surface area (TPSA) is 64.1 Å². The Hall–Kier alpha value is -2.70. The van der Waals surface area contributed by atoms with Gasteiger partial charge >= 0.3 is 0 Å². The van der Waals surface area contributed by atoms with Crippen molar-refractivity contribution in [3.05, 3.63) is 59.7 Å². The number of likely N-dealkylation sites (N-methyl/N-ethyl adjacent to an activating group) is 1. The zero-order chi connectivity index (χ0) is 21.3. The summed E-state index contributed by atoms with van der Waals surface area (Å²) < 4.78 is 0. The Bertz CT molecular complexity index is 929. The number of benzene rings is 2. The van der Waals surface area contributed by atoms with Crippen LogP contribution in [0, 0.1) is 6.07 Å². The number of hydrogen-bond acceptors (Lipinski definition) is 4. The van der Waals surface area contributed by atoms with Crippen molar-refractivity contribution < 1.29 is 14.7 Å². The van der Waals surface area contributed by atoms with Gasteiger partial charge in [-0.1, -0.05) is 36.4 Å². The van der Waals surface area contributed by atoms with Gasteiger partial charge in [-0.3, -0.25) is 9.59 Å². The largest absolute Gasteiger partial charge is 0.391 e. The number of amides is 2. The van der Waals surface area contributed by atoms with Crippen molar-refractivity contribution in [1.29, 1.82) is 0 Å². The minimum atomic E-state index is -0.494. The molecule has 4 rings (SSSR count). The summed E-state index contributed by atoms with van der Waals surface area (Å²) in [5, 5.41) is 9.87. The number of likely N-dealkylation sites (tertiary alicyclic amines) is 2. The van der Waals surface area contributed by atoms with E-state index >= 15 is 0 Å². The Labute approximate surface area is 177 Å². The normalized spacial score (nSPS) is 21.5. The van der Waals surface area contributed by atoms with E-state index in [9.17, 15) is 14.7 Å². The van der Waals surface area contributed by atoms with E-state index < -0.39 is 6.10 Å². The summed E-state index contributed by atoms with van der Waals surface area (Å²) in [6, 6.07) is 16.4. The standard InChI is InChI=1S/C24H28N3O3/c1-25(2)18-11-13-26(15-18)23(29)20-9-6-10-21(22(20)17-7-4-3-5-8-17)24(30)27-14-12-19(28)16-27/h3-9,18-19,28H,11-16H2,1-2H3. The van der Waals surface area contributed by atoms with Gasteiger partial charge in [0.1, 0.15) is 0 Å². The molecular formula is C24H28N3O3. The van der Waals surface area contributed by atoms with Gasteiger partial charge in [0.2, 0.25) is 0 Å². The van der Waals surface area contributed by atoms with Gasteiger partial charge in [0.15, 0.2) is 0 Å². The fourth-order valence-corrected chi connectivity index (χ4v) is 4.35. The van der Waals surface area contributed by atoms with E-state index in [-0.39, 0.29) is 11.8 Å². The van der Waals surface area contributed by atoms with Crippen molar-refractivity contribution in [1.82, 2.24) is 14.7 Å². The van der Waals surface area contributed by atoms with Crippen LogP contribution in [-0.2, 0) is 0 Å². The number of aliphatic hydroxyl groups excluding tert-OH is 1. The summed E-state index contributed by atoms with van der Waals surface area (Å²) >= 11 is 0. The molecule has 0 bridgehead atoms. The summed E-state index contributed by atoms with van der Waals surface area (Å²) in [5.41, 5.74) is 2.37. The van der Waals surface area contributed by atoms with Gasteiger partial charge in [0.25, 0.3) is 11.8 Å². The third kappa shape index (κ3) is 3.98. The summed E-state index contributed by atoms with van der Waals surface area (Å²) in [7, 11) is 4.07. The van der Waals surface area contributed by atoms with Crippen LogP contribution in [0.15, 0.2) is 42.5 Å². The van der Waals surface area contributed by atoms with Crippen LogP contribution in [0.5, 0.6) is 0 Å². The number of carbonyl (C=O) groups excluding carboxylic acids is 2. The molecule has 2 heterocycles. The third-order valence-corrected chi connectivity index (χ3v) is 6.14. The summed E-state index contributed by atoms with van der Waals surface area (Å²) in [4.78, 5) is 32.4. The fraction of sp³-hybridized carbons (Fsp3) is 0.417. The van der Waals surface area contributed by atoms with E-state index in [0.717, 1.165) is 12.0 Å². The second-order valence-corrected chi connectivity index (χ2v) is 8.36. The van der Waals surface area contributed by atoms with Gasteiger partial charge in [0, 0.05) is 43.3 Å². The fourth-order valence-electron chi connectivity index (χ4n) is 4.35. The average molecular weight is 407 g/mol. The lowest BCUT2D eigenvalue weighted by molar-refractivity contribution is 0.0765. The maximum absolute atomic E-state index is 13.5. The minimum absolute atomic E-state index is 0.0530. The Kier molecular flexibility index (Phi) is 5.88. The van der Waals surface area contributed by atoms with Crippen LogP contribution in [0.1, 0.15) is 33.6 Å². The lowest BCUT2D eigenvalue weighted by Crippen LogP contribution is -2.35. The van der Waals surface area contributed by atoms with Crippen LogP contribution < -0.4 is 0 Å². The van der Waals surface area contributed by atoms with Crippen molar-refractivity contribution in [2.24, 2.45) is 0 Å². The van der Waals surface area contributed by atoms with Gasteiger partial charge in [-0.05, 0) is 44.6 Å². The highest BCUT2D eigenvalue weighted by atomic mass is 16.3. The minimum Gasteiger partial charge on any atom is -0.391 e. The molecule has 0 spiro atoms. The van der Waals surface area contributed by atoms with Crippen LogP contribution in [0.4, 0.5) is 0 Å². The van der Waals surface area contributed by atoms with E-state index in [1.165, 1.54) is 0 Å². The second kappa shape index (κ2) is 8.58. The first-order valence-electron chi connectivity index (χ1n) is 10.5. The van der Waals surface area contributed by atoms with Crippen molar-refractivity contribution in [2.45, 2.75) is 25.0 Å². The first kappa shape index (κ1) is 20.6. The summed E-state index contributed by atoms with van der Waals surface area (Å²) in [6.45, 7) is 2.21. The molecule has 1 N–H and O–H groups in total. The van der Waals surface area contributed by atoms with Crippen LogP contribution in [0.25, 0.3) is 11.1 Å². The Morgan fingerprint density at radius 1 is 1.00 bits per heavy atom. The molecule has 2 amide bonds. The molecule has 0 aromatic heterocycles. The molecule has 2 fully saturated rings. The molecule has 1 radical (unpaired) electrons. The van der Waals surface area contributed by atoms with E-state index in [1.807, 2.05) is 49.3 Å². The van der Waals surface area contributed by atoms with Crippen molar-refractivity contribution in [3.8, 4) is 11.1 Å². The first-order valence-corrected chi connectivity index (χ1v) is 10.5. The molecule has 6 heteroatoms. The molecular weight excluding hydrogens is 378 g/mol. The van der Waals surface area contributed by atoms with E-state index in [2.05, 4.69) is 11.0 Å². The second-order valence-electron chi connectivity index (χ2n) is 8.36. The van der Waals surface area contributed by atoms with Crippen molar-refractivity contribution >= 4 is 11.8 Å². The van der Waals surface area contributed by atoms with Crippen molar-refractivity contribution in [3.63, 3.8) is 0 Å². The SMILES string of the molecule is CN(C)C1CCN(C(=O)c2cc[c]c(C(=O)N3CCC(O)C3)c2-c2ccccc2)C1. The lowest BCUT2D eigenvalue weighted by Gasteiger charge is -2.23. The predicted molar refractivity (Wildman–Crippen MR) is 115 cm³/mol. The Morgan fingerprint density at radius 2 is 1.70 bits per heavy atom. The van der Waals surface area contributed by atoms with Gasteiger partial charge in [-0.2, -0.15) is 0 Å². The van der Waals surface area contributed by atoms with Crippen LogP contribution in [-0.4, -0.2) is 84.0 Å². The van der Waals surface area contributed by atoms with E-state index in [1.54, 1.807) is 17.0 Å². The van der Waals surface area contributed by atoms with Crippen LogP contribution in [0.2, 0.25) is 0 Å². The number of hydrogen-bond donors (Lipinski definition) is 1. The summed E-state index contributed by atoms with van der Waals surface area (Å²) in [6.07, 6.45) is 1.02. The summed E-state index contributed by atoms with van der Waals surface area (Å²) in [5.74, 6) is -0.240. The predicted octanol–water partition coefficient (Wildman–Crippen LogP) is 2.14. The molecule has 0 saturated carbocycles. The number of aliphatic hydroxyl groups is 1. The number of β-amino-alcohol motifs (C(OH)–C–C–N with tert-alkyl or cyclic N) is 1. The zero-order valence-electron chi connectivity index (χ0n) is 17.5. The number of rotatable bonds is 4. The maximum Gasteiger partial charge on any atom is 0.255 e. The highest BCUT2D eigenvalue weighted by molar-refractivity contribution is 6.09. The molecule has 2 aromatic rings. The monoisotopic (exact) mass is 406 g/mol. The average Bonchev–Trinajstić information content (AvgIpc) is 3.42. The highest BCUT2D eigenvalue weighted by Gasteiger charge is 2.32. The molecule has 6 nitrogen and oxygen atoms in total. The highest BCUT2D eigenvalue weighted by Crippen LogP contribution is 2.31. The lowest BCUT2D eigenvalue weighted by atomic mass is 9.93. The number of nitrogens with zero attached hydrogens (tertiary/aromatic N) is 3. The molecule has 2 aliphatic rings. The Balaban J connectivity index is 1.74. The maximum atomic E-state index is 13.5. The van der Waals surface area contributed by atoms with Gasteiger partial charge < -0.3 is 19.8 Å². The smallest absolute Gasteiger partial charge is 0.255 e. The quantitative estimate of drug-likeness (QED) is 0.845. The molecule has 157 valence electrons. The molecule has 0 aliphatic carbocycles. The van der Waals surface area contributed by atoms with Crippen LogP contribution in [0.3, 0.4) is 0 Å². The van der Waals surface area contributed by atoms with Gasteiger partial charge in [-0.15, -0.1) is 0 Å². The first-order chi connectivity index (χ1) is 14.5. The van der Waals surface area contributed by atoms with E-state index in [4.69, 9.17) is 0 Å². The molecule has 2 aromatic carbocycles. The van der Waals surface area contributed by atoms with Crippen molar-refractivity contribution in [2.75, 3.05) is 40.3 Å². The number of carbonyl (C=O) groups is 2. The molecule has 2 atom stereocenters. The molecule has 2 aliphatic heterocycles. The van der Waals surface area contributed by atoms with Gasteiger partial charge in [-0.25, -0.2) is 0 Å². The molecule has 2 unspecified atom stereocenters. The molecule has 30 heavy (non-hydrogen) atoms. The zero-order valence-corrected chi connectivity index (χ0v) is 17.5. The Morgan fingerprint density at radius 3 is 2.33 bits per heavy atom. The van der Waals surface area contributed by atoms with Crippen LogP contribution >= 0.6 is 0 Å².